The largest absolute Gasteiger partial charge is 0.476 e. The lowest BCUT2D eigenvalue weighted by atomic mass is 10.1. The first kappa shape index (κ1) is 13.7. The highest BCUT2D eigenvalue weighted by Gasteiger charge is 2.25. The van der Waals surface area contributed by atoms with E-state index >= 15 is 0 Å². The molecule has 0 aliphatic rings. The minimum atomic E-state index is -1.20. The van der Waals surface area contributed by atoms with Crippen molar-refractivity contribution in [1.82, 2.24) is 25.3 Å². The van der Waals surface area contributed by atoms with Crippen LogP contribution in [0, 0.1) is 0 Å². The number of pyridine rings is 1. The summed E-state index contributed by atoms with van der Waals surface area (Å²) < 4.78 is 1.29. The van der Waals surface area contributed by atoms with Crippen LogP contribution in [0.4, 0.5) is 0 Å². The van der Waals surface area contributed by atoms with Crippen LogP contribution in [-0.4, -0.2) is 44.0 Å². The summed E-state index contributed by atoms with van der Waals surface area (Å²) in [6.07, 6.45) is 3.06. The minimum Gasteiger partial charge on any atom is -0.476 e. The van der Waals surface area contributed by atoms with Gasteiger partial charge in [-0.15, -0.1) is 5.10 Å². The van der Waals surface area contributed by atoms with Crippen LogP contribution in [0.15, 0.2) is 24.5 Å². The fourth-order valence-electron chi connectivity index (χ4n) is 1.81. The molecule has 104 valence electrons. The zero-order valence-electron chi connectivity index (χ0n) is 10.9. The third-order valence-corrected chi connectivity index (χ3v) is 2.84. The van der Waals surface area contributed by atoms with Gasteiger partial charge in [0.25, 0.3) is 0 Å². The number of amides is 1. The number of hydrogen-bond donors (Lipinski definition) is 2. The van der Waals surface area contributed by atoms with E-state index in [2.05, 4.69) is 20.6 Å². The second-order valence-electron chi connectivity index (χ2n) is 4.06. The number of rotatable bonds is 4. The first-order valence-electron chi connectivity index (χ1n) is 5.86. The van der Waals surface area contributed by atoms with Crippen molar-refractivity contribution in [2.75, 3.05) is 7.05 Å². The molecule has 0 spiro atoms. The summed E-state index contributed by atoms with van der Waals surface area (Å²) in [5.41, 5.74) is 0.654. The molecular weight excluding hydrogens is 262 g/mol. The fraction of sp³-hybridized carbons (Fsp3) is 0.250. The molecule has 20 heavy (non-hydrogen) atoms. The first-order valence-corrected chi connectivity index (χ1v) is 5.86. The SMILES string of the molecule is CNC(=O)C(C)n1nnc(C(=O)O)c1-c1ccncc1. The van der Waals surface area contributed by atoms with Gasteiger partial charge in [-0.2, -0.15) is 0 Å². The highest BCUT2D eigenvalue weighted by Crippen LogP contribution is 2.24. The zero-order chi connectivity index (χ0) is 14.7. The van der Waals surface area contributed by atoms with Crippen molar-refractivity contribution in [2.24, 2.45) is 0 Å². The molecule has 0 saturated carbocycles. The van der Waals surface area contributed by atoms with E-state index in [4.69, 9.17) is 0 Å². The molecule has 2 aromatic rings. The predicted molar refractivity (Wildman–Crippen MR) is 69.0 cm³/mol. The predicted octanol–water partition coefficient (Wildman–Crippen LogP) is 0.345. The van der Waals surface area contributed by atoms with Gasteiger partial charge in [-0.25, -0.2) is 9.48 Å². The number of carbonyl (C=O) groups is 2. The third-order valence-electron chi connectivity index (χ3n) is 2.84. The second-order valence-corrected chi connectivity index (χ2v) is 4.06. The van der Waals surface area contributed by atoms with Gasteiger partial charge in [0.05, 0.1) is 0 Å². The smallest absolute Gasteiger partial charge is 0.358 e. The highest BCUT2D eigenvalue weighted by atomic mass is 16.4. The molecule has 0 aliphatic heterocycles. The molecule has 2 heterocycles. The fourth-order valence-corrected chi connectivity index (χ4v) is 1.81. The summed E-state index contributed by atoms with van der Waals surface area (Å²) in [5.74, 6) is -1.49. The number of aromatic carboxylic acids is 1. The van der Waals surface area contributed by atoms with Gasteiger partial charge in [0.2, 0.25) is 5.91 Å². The quantitative estimate of drug-likeness (QED) is 0.832. The van der Waals surface area contributed by atoms with E-state index < -0.39 is 12.0 Å². The molecule has 0 aromatic carbocycles. The van der Waals surface area contributed by atoms with Crippen molar-refractivity contribution in [2.45, 2.75) is 13.0 Å². The topological polar surface area (TPSA) is 110 Å². The van der Waals surface area contributed by atoms with Gasteiger partial charge in [-0.1, -0.05) is 5.21 Å². The molecule has 8 nitrogen and oxygen atoms in total. The van der Waals surface area contributed by atoms with Crippen LogP contribution in [-0.2, 0) is 4.79 Å². The normalized spacial score (nSPS) is 11.9. The van der Waals surface area contributed by atoms with E-state index in [0.29, 0.717) is 5.56 Å². The zero-order valence-corrected chi connectivity index (χ0v) is 10.9. The average Bonchev–Trinajstić information content (AvgIpc) is 2.91. The van der Waals surface area contributed by atoms with Crippen LogP contribution >= 0.6 is 0 Å². The Morgan fingerprint density at radius 3 is 2.55 bits per heavy atom. The maximum absolute atomic E-state index is 11.7. The maximum Gasteiger partial charge on any atom is 0.358 e. The molecule has 1 atom stereocenters. The lowest BCUT2D eigenvalue weighted by molar-refractivity contribution is -0.123. The van der Waals surface area contributed by atoms with Crippen molar-refractivity contribution >= 4 is 11.9 Å². The Morgan fingerprint density at radius 1 is 1.35 bits per heavy atom. The van der Waals surface area contributed by atoms with Gasteiger partial charge >= 0.3 is 5.97 Å². The number of hydrogen-bond acceptors (Lipinski definition) is 5. The van der Waals surface area contributed by atoms with Gasteiger partial charge in [0.15, 0.2) is 5.69 Å². The van der Waals surface area contributed by atoms with E-state index in [1.807, 2.05) is 0 Å². The molecule has 0 aliphatic carbocycles. The number of aromatic nitrogens is 4. The molecule has 2 aromatic heterocycles. The monoisotopic (exact) mass is 275 g/mol. The van der Waals surface area contributed by atoms with Crippen LogP contribution in [0.25, 0.3) is 11.3 Å². The van der Waals surface area contributed by atoms with E-state index in [1.54, 1.807) is 19.1 Å². The van der Waals surface area contributed by atoms with Crippen molar-refractivity contribution in [1.29, 1.82) is 0 Å². The Morgan fingerprint density at radius 2 is 2.00 bits per heavy atom. The summed E-state index contributed by atoms with van der Waals surface area (Å²) in [6.45, 7) is 1.61. The number of likely N-dealkylation sites (N-methyl/N-ethyl adjacent to an activating group) is 1. The third kappa shape index (κ3) is 2.35. The number of carbonyl (C=O) groups excluding carboxylic acids is 1. The number of carboxylic acids is 1. The van der Waals surface area contributed by atoms with Gasteiger partial charge in [0.1, 0.15) is 11.7 Å². The summed E-state index contributed by atoms with van der Waals surface area (Å²) in [7, 11) is 1.50. The first-order chi connectivity index (χ1) is 9.56. The van der Waals surface area contributed by atoms with Crippen molar-refractivity contribution in [3.8, 4) is 11.3 Å². The molecule has 1 amide bonds. The summed E-state index contributed by atoms with van der Waals surface area (Å²) in [4.78, 5) is 26.8. The standard InChI is InChI=1S/C12H13N5O3/c1-7(11(18)13-2)17-10(8-3-5-14-6-4-8)9(12(19)20)15-16-17/h3-7H,1-2H3,(H,13,18)(H,19,20). The average molecular weight is 275 g/mol. The van der Waals surface area contributed by atoms with Crippen LogP contribution in [0.1, 0.15) is 23.5 Å². The molecule has 2 N–H and O–H groups in total. The maximum atomic E-state index is 11.7. The Kier molecular flexibility index (Phi) is 3.74. The van der Waals surface area contributed by atoms with E-state index in [-0.39, 0.29) is 17.3 Å². The second kappa shape index (κ2) is 5.47. The van der Waals surface area contributed by atoms with Crippen LogP contribution < -0.4 is 5.32 Å². The van der Waals surface area contributed by atoms with Gasteiger partial charge < -0.3 is 10.4 Å². The minimum absolute atomic E-state index is 0.202. The summed E-state index contributed by atoms with van der Waals surface area (Å²) in [6, 6.07) is 2.60. The molecule has 0 fully saturated rings. The number of nitrogens with one attached hydrogen (secondary N) is 1. The van der Waals surface area contributed by atoms with Crippen LogP contribution in [0.5, 0.6) is 0 Å². The molecule has 0 saturated heterocycles. The lowest BCUT2D eigenvalue weighted by Crippen LogP contribution is -2.29. The Bertz CT molecular complexity index is 638. The van der Waals surface area contributed by atoms with Gasteiger partial charge in [-0.05, 0) is 19.1 Å². The molecule has 0 radical (unpaired) electrons. The molecule has 2 rings (SSSR count). The highest BCUT2D eigenvalue weighted by molar-refractivity contribution is 5.93. The lowest BCUT2D eigenvalue weighted by Gasteiger charge is -2.13. The van der Waals surface area contributed by atoms with E-state index in [1.165, 1.54) is 24.1 Å². The number of nitrogens with zero attached hydrogens (tertiary/aromatic N) is 4. The molecular formula is C12H13N5O3. The summed E-state index contributed by atoms with van der Waals surface area (Å²) in [5, 5.41) is 19.1. The van der Waals surface area contributed by atoms with E-state index in [0.717, 1.165) is 0 Å². The van der Waals surface area contributed by atoms with Gasteiger partial charge in [-0.3, -0.25) is 9.78 Å². The van der Waals surface area contributed by atoms with Crippen molar-refractivity contribution in [3.05, 3.63) is 30.2 Å². The van der Waals surface area contributed by atoms with Crippen LogP contribution in [0.2, 0.25) is 0 Å². The van der Waals surface area contributed by atoms with E-state index in [9.17, 15) is 14.7 Å². The Balaban J connectivity index is 2.60. The number of carboxylic acid groups (broad SMARTS) is 1. The summed E-state index contributed by atoms with van der Waals surface area (Å²) >= 11 is 0. The van der Waals surface area contributed by atoms with Crippen LogP contribution in [0.3, 0.4) is 0 Å². The van der Waals surface area contributed by atoms with Crippen molar-refractivity contribution < 1.29 is 14.7 Å². The van der Waals surface area contributed by atoms with Gasteiger partial charge in [0, 0.05) is 25.0 Å². The Hall–Kier alpha value is -2.77. The molecule has 0 bridgehead atoms. The van der Waals surface area contributed by atoms with Crippen molar-refractivity contribution in [3.63, 3.8) is 0 Å². The Labute approximate surface area is 114 Å². The molecule has 8 heteroatoms. The molecule has 1 unspecified atom stereocenters.